The van der Waals surface area contributed by atoms with Crippen LogP contribution in [0.5, 0.6) is 0 Å². The molecule has 4 nitrogen and oxygen atoms in total. The van der Waals surface area contributed by atoms with Gasteiger partial charge in [0.1, 0.15) is 0 Å². The Morgan fingerprint density at radius 3 is 2.64 bits per heavy atom. The number of carbonyl (C=O) groups is 1. The Morgan fingerprint density at radius 1 is 1.40 bits per heavy atom. The second kappa shape index (κ2) is 7.03. The summed E-state index contributed by atoms with van der Waals surface area (Å²) >= 11 is 0. The molecule has 25 heavy (non-hydrogen) atoms. The fraction of sp³-hybridized carbons (Fsp3) is 0.857. The molecule has 0 radical (unpaired) electrons. The molecule has 0 heterocycles. The number of carbonyl (C=O) groups excluding carboxylic acids is 1. The number of rotatable bonds is 5. The Hall–Kier alpha value is -0.870. The molecular formula is C21H36O4. The molecule has 2 N–H and O–H groups in total. The smallest absolute Gasteiger partial charge is 0.337 e. The van der Waals surface area contributed by atoms with E-state index in [0.29, 0.717) is 23.7 Å². The lowest BCUT2D eigenvalue weighted by Gasteiger charge is -2.58. The predicted octanol–water partition coefficient (Wildman–Crippen LogP) is 3.85. The largest absolute Gasteiger partial charge is 0.467 e. The molecule has 5 atom stereocenters. The summed E-state index contributed by atoms with van der Waals surface area (Å²) in [6, 6.07) is 0. The number of hydrogen-bond acceptors (Lipinski definition) is 4. The molecule has 2 rings (SSSR count). The Morgan fingerprint density at radius 2 is 2.04 bits per heavy atom. The molecule has 2 saturated carbocycles. The van der Waals surface area contributed by atoms with Crippen molar-refractivity contribution < 1.29 is 19.7 Å². The van der Waals surface area contributed by atoms with Crippen molar-refractivity contribution in [1.29, 1.82) is 0 Å². The molecule has 0 aromatic heterocycles. The van der Waals surface area contributed by atoms with Crippen molar-refractivity contribution in [3.63, 3.8) is 0 Å². The fourth-order valence-electron chi connectivity index (χ4n) is 5.75. The van der Waals surface area contributed by atoms with E-state index in [1.807, 2.05) is 0 Å². The number of allylic oxidation sites excluding steroid dienone is 1. The molecule has 0 spiro atoms. The minimum atomic E-state index is -1.51. The van der Waals surface area contributed by atoms with Crippen LogP contribution in [-0.2, 0) is 9.53 Å². The van der Waals surface area contributed by atoms with Gasteiger partial charge >= 0.3 is 5.97 Å². The van der Waals surface area contributed by atoms with Crippen LogP contribution in [-0.4, -0.2) is 35.0 Å². The number of hydrogen-bond donors (Lipinski definition) is 2. The van der Waals surface area contributed by atoms with Gasteiger partial charge in [-0.1, -0.05) is 39.3 Å². The SMILES string of the molecule is C=C1CCC2C(C)(C)CCC[C@]2(C)[C@H]1CCC(C)(O)C(O)C(=O)OC. The molecule has 0 saturated heterocycles. The van der Waals surface area contributed by atoms with Crippen molar-refractivity contribution >= 4 is 5.97 Å². The maximum absolute atomic E-state index is 11.6. The standard InChI is InChI=1S/C21H36O4/c1-14-8-9-16-19(2,3)11-7-12-20(16,4)15(14)10-13-21(5,24)17(22)18(23)25-6/h15-17,22,24H,1,7-13H2,2-6H3/t15-,16?,17?,20+,21?/m0/s1. The highest BCUT2D eigenvalue weighted by molar-refractivity contribution is 5.75. The zero-order valence-electron chi connectivity index (χ0n) is 16.6. The molecule has 3 unspecified atom stereocenters. The minimum Gasteiger partial charge on any atom is -0.467 e. The zero-order valence-corrected chi connectivity index (χ0v) is 16.6. The predicted molar refractivity (Wildman–Crippen MR) is 99.0 cm³/mol. The van der Waals surface area contributed by atoms with Gasteiger partial charge in [0.05, 0.1) is 12.7 Å². The van der Waals surface area contributed by atoms with Crippen LogP contribution in [0.2, 0.25) is 0 Å². The fourth-order valence-corrected chi connectivity index (χ4v) is 5.75. The van der Waals surface area contributed by atoms with E-state index in [9.17, 15) is 15.0 Å². The van der Waals surface area contributed by atoms with Gasteiger partial charge in [0.25, 0.3) is 0 Å². The normalized spacial score (nSPS) is 35.4. The van der Waals surface area contributed by atoms with Crippen LogP contribution in [0, 0.1) is 22.7 Å². The number of fused-ring (bicyclic) bond motifs is 1. The summed E-state index contributed by atoms with van der Waals surface area (Å²) in [5.74, 6) is 0.192. The van der Waals surface area contributed by atoms with E-state index in [1.165, 1.54) is 45.3 Å². The highest BCUT2D eigenvalue weighted by atomic mass is 16.5. The molecule has 0 aliphatic heterocycles. The van der Waals surface area contributed by atoms with Crippen LogP contribution in [0.4, 0.5) is 0 Å². The number of methoxy groups -OCH3 is 1. The Bertz CT molecular complexity index is 522. The first-order chi connectivity index (χ1) is 11.5. The summed E-state index contributed by atoms with van der Waals surface area (Å²) in [5.41, 5.74) is 0.296. The second-order valence-electron chi connectivity index (χ2n) is 9.47. The molecule has 0 amide bonds. The maximum atomic E-state index is 11.6. The lowest BCUT2D eigenvalue weighted by molar-refractivity contribution is -0.166. The lowest BCUT2D eigenvalue weighted by Crippen LogP contribution is -2.50. The first kappa shape index (κ1) is 20.4. The van der Waals surface area contributed by atoms with Gasteiger partial charge in [-0.3, -0.25) is 0 Å². The van der Waals surface area contributed by atoms with Crippen molar-refractivity contribution in [3.8, 4) is 0 Å². The highest BCUT2D eigenvalue weighted by Crippen LogP contribution is 2.61. The zero-order chi connectivity index (χ0) is 19.0. The summed E-state index contributed by atoms with van der Waals surface area (Å²) in [5, 5.41) is 20.7. The molecule has 0 aromatic carbocycles. The van der Waals surface area contributed by atoms with Gasteiger partial charge in [-0.2, -0.15) is 0 Å². The van der Waals surface area contributed by atoms with Gasteiger partial charge in [0.15, 0.2) is 6.10 Å². The second-order valence-corrected chi connectivity index (χ2v) is 9.47. The topological polar surface area (TPSA) is 66.8 Å². The Balaban J connectivity index is 2.16. The first-order valence-corrected chi connectivity index (χ1v) is 9.61. The molecule has 0 aromatic rings. The van der Waals surface area contributed by atoms with Gasteiger partial charge in [-0.25, -0.2) is 4.79 Å². The van der Waals surface area contributed by atoms with E-state index < -0.39 is 17.7 Å². The van der Waals surface area contributed by atoms with Crippen LogP contribution in [0.1, 0.15) is 72.6 Å². The van der Waals surface area contributed by atoms with Crippen LogP contribution in [0.25, 0.3) is 0 Å². The van der Waals surface area contributed by atoms with E-state index >= 15 is 0 Å². The number of ether oxygens (including phenoxy) is 1. The van der Waals surface area contributed by atoms with Crippen molar-refractivity contribution in [2.75, 3.05) is 7.11 Å². The summed E-state index contributed by atoms with van der Waals surface area (Å²) in [6.07, 6.45) is 5.50. The van der Waals surface area contributed by atoms with E-state index in [4.69, 9.17) is 0 Å². The number of esters is 1. The summed E-state index contributed by atoms with van der Waals surface area (Å²) in [4.78, 5) is 11.6. The van der Waals surface area contributed by atoms with Gasteiger partial charge < -0.3 is 14.9 Å². The van der Waals surface area contributed by atoms with Gasteiger partial charge in [-0.15, -0.1) is 0 Å². The molecule has 2 aliphatic rings. The van der Waals surface area contributed by atoms with E-state index in [0.717, 1.165) is 12.8 Å². The monoisotopic (exact) mass is 352 g/mol. The molecule has 4 heteroatoms. The van der Waals surface area contributed by atoms with E-state index in [1.54, 1.807) is 0 Å². The summed E-state index contributed by atoms with van der Waals surface area (Å²) in [7, 11) is 1.22. The van der Waals surface area contributed by atoms with Crippen LogP contribution >= 0.6 is 0 Å². The third-order valence-corrected chi connectivity index (χ3v) is 7.27. The van der Waals surface area contributed by atoms with Crippen LogP contribution in [0.3, 0.4) is 0 Å². The lowest BCUT2D eigenvalue weighted by atomic mass is 9.47. The molecule has 2 fully saturated rings. The summed E-state index contributed by atoms with van der Waals surface area (Å²) < 4.78 is 4.58. The van der Waals surface area contributed by atoms with E-state index in [2.05, 4.69) is 32.1 Å². The maximum Gasteiger partial charge on any atom is 0.337 e. The van der Waals surface area contributed by atoms with Gasteiger partial charge in [0, 0.05) is 0 Å². The molecule has 0 bridgehead atoms. The molecule has 2 aliphatic carbocycles. The third kappa shape index (κ3) is 3.80. The molecular weight excluding hydrogens is 316 g/mol. The van der Waals surface area contributed by atoms with Crippen LogP contribution in [0.15, 0.2) is 12.2 Å². The number of aliphatic hydroxyl groups excluding tert-OH is 1. The van der Waals surface area contributed by atoms with Crippen molar-refractivity contribution in [1.82, 2.24) is 0 Å². The van der Waals surface area contributed by atoms with Crippen LogP contribution < -0.4 is 0 Å². The number of aliphatic hydroxyl groups is 2. The average molecular weight is 353 g/mol. The van der Waals surface area contributed by atoms with E-state index in [-0.39, 0.29) is 5.41 Å². The van der Waals surface area contributed by atoms with Crippen molar-refractivity contribution in [3.05, 3.63) is 12.2 Å². The minimum absolute atomic E-state index is 0.184. The van der Waals surface area contributed by atoms with Crippen molar-refractivity contribution in [2.24, 2.45) is 22.7 Å². The highest BCUT2D eigenvalue weighted by Gasteiger charge is 2.53. The summed E-state index contributed by atoms with van der Waals surface area (Å²) in [6.45, 7) is 13.0. The molecule has 144 valence electrons. The first-order valence-electron chi connectivity index (χ1n) is 9.61. The van der Waals surface area contributed by atoms with Gasteiger partial charge in [-0.05, 0) is 68.1 Å². The average Bonchev–Trinajstić information content (AvgIpc) is 2.51. The Labute approximate surface area is 152 Å². The van der Waals surface area contributed by atoms with Crippen molar-refractivity contribution in [2.45, 2.75) is 84.3 Å². The quantitative estimate of drug-likeness (QED) is 0.582. The third-order valence-electron chi connectivity index (χ3n) is 7.27. The van der Waals surface area contributed by atoms with Gasteiger partial charge in [0.2, 0.25) is 0 Å². The Kier molecular flexibility index (Phi) is 5.75.